The third-order valence-corrected chi connectivity index (χ3v) is 3.77. The Kier molecular flexibility index (Phi) is 5.12. The molecule has 0 aliphatic rings. The van der Waals surface area contributed by atoms with E-state index in [0.29, 0.717) is 16.8 Å². The van der Waals surface area contributed by atoms with Gasteiger partial charge in [0, 0.05) is 24.8 Å². The van der Waals surface area contributed by atoms with Gasteiger partial charge in [-0.05, 0) is 48.0 Å². The molecule has 1 aromatic heterocycles. The molecule has 6 heteroatoms. The van der Waals surface area contributed by atoms with E-state index in [1.165, 1.54) is 23.3 Å². The van der Waals surface area contributed by atoms with Gasteiger partial charge in [-0.15, -0.1) is 0 Å². The zero-order valence-corrected chi connectivity index (χ0v) is 14.1. The summed E-state index contributed by atoms with van der Waals surface area (Å²) in [6.45, 7) is 0.277. The number of furan rings is 1. The predicted octanol–water partition coefficient (Wildman–Crippen LogP) is 3.94. The van der Waals surface area contributed by atoms with E-state index in [2.05, 4.69) is 5.32 Å². The molecule has 2 amide bonds. The first-order valence-corrected chi connectivity index (χ1v) is 7.98. The molecule has 0 atom stereocenters. The highest BCUT2D eigenvalue weighted by Gasteiger charge is 2.14. The van der Waals surface area contributed by atoms with Crippen LogP contribution in [0.2, 0.25) is 0 Å². The maximum atomic E-state index is 13.3. The number of carbonyl (C=O) groups is 2. The van der Waals surface area contributed by atoms with E-state index in [1.807, 2.05) is 0 Å². The first-order chi connectivity index (χ1) is 12.5. The van der Waals surface area contributed by atoms with Gasteiger partial charge in [0.25, 0.3) is 11.8 Å². The molecule has 0 radical (unpaired) electrons. The minimum absolute atomic E-state index is 0.185. The lowest BCUT2D eigenvalue weighted by atomic mass is 10.1. The van der Waals surface area contributed by atoms with Gasteiger partial charge in [-0.25, -0.2) is 4.39 Å². The number of nitrogens with one attached hydrogen (secondary N) is 1. The van der Waals surface area contributed by atoms with Crippen LogP contribution in [0.25, 0.3) is 0 Å². The van der Waals surface area contributed by atoms with Gasteiger partial charge in [0.1, 0.15) is 5.82 Å². The third-order valence-electron chi connectivity index (χ3n) is 3.77. The highest BCUT2D eigenvalue weighted by atomic mass is 19.1. The smallest absolute Gasteiger partial charge is 0.291 e. The molecule has 0 spiro atoms. The standard InChI is InChI=1S/C20H17FN2O3/c1-23(13-14-5-2-7-16(21)11-14)20(25)15-6-3-8-17(12-15)22-19(24)18-9-4-10-26-18/h2-12H,13H2,1H3,(H,22,24). The van der Waals surface area contributed by atoms with Crippen LogP contribution in [0.5, 0.6) is 0 Å². The van der Waals surface area contributed by atoms with Gasteiger partial charge in [0.15, 0.2) is 5.76 Å². The Balaban J connectivity index is 1.70. The highest BCUT2D eigenvalue weighted by Crippen LogP contribution is 2.15. The maximum Gasteiger partial charge on any atom is 0.291 e. The maximum absolute atomic E-state index is 13.3. The van der Waals surface area contributed by atoms with Crippen molar-refractivity contribution in [3.63, 3.8) is 0 Å². The Labute approximate surface area is 150 Å². The molecule has 132 valence electrons. The van der Waals surface area contributed by atoms with Crippen LogP contribution < -0.4 is 5.32 Å². The minimum atomic E-state index is -0.396. The fourth-order valence-electron chi connectivity index (χ4n) is 2.53. The molecule has 3 aromatic rings. The summed E-state index contributed by atoms with van der Waals surface area (Å²) < 4.78 is 18.3. The molecule has 0 bridgehead atoms. The van der Waals surface area contributed by atoms with Gasteiger partial charge < -0.3 is 14.6 Å². The van der Waals surface area contributed by atoms with Crippen LogP contribution in [0.1, 0.15) is 26.5 Å². The number of anilines is 1. The monoisotopic (exact) mass is 352 g/mol. The normalized spacial score (nSPS) is 10.4. The van der Waals surface area contributed by atoms with Crippen molar-refractivity contribution in [2.24, 2.45) is 0 Å². The largest absolute Gasteiger partial charge is 0.459 e. The second-order valence-electron chi connectivity index (χ2n) is 5.80. The molecule has 26 heavy (non-hydrogen) atoms. The summed E-state index contributed by atoms with van der Waals surface area (Å²) in [5, 5.41) is 2.68. The molecule has 0 saturated carbocycles. The van der Waals surface area contributed by atoms with E-state index in [9.17, 15) is 14.0 Å². The highest BCUT2D eigenvalue weighted by molar-refractivity contribution is 6.03. The van der Waals surface area contributed by atoms with Crippen LogP contribution in [0, 0.1) is 5.82 Å². The molecule has 1 heterocycles. The van der Waals surface area contributed by atoms with Crippen LogP contribution in [-0.4, -0.2) is 23.8 Å². The van der Waals surface area contributed by atoms with Crippen molar-refractivity contribution in [3.05, 3.63) is 89.6 Å². The van der Waals surface area contributed by atoms with Crippen molar-refractivity contribution >= 4 is 17.5 Å². The first kappa shape index (κ1) is 17.4. The summed E-state index contributed by atoms with van der Waals surface area (Å²) in [4.78, 5) is 26.1. The quantitative estimate of drug-likeness (QED) is 0.756. The Hall–Kier alpha value is -3.41. The zero-order valence-electron chi connectivity index (χ0n) is 14.1. The number of amides is 2. The summed E-state index contributed by atoms with van der Waals surface area (Å²) in [6.07, 6.45) is 1.41. The van der Waals surface area contributed by atoms with Crippen molar-refractivity contribution < 1.29 is 18.4 Å². The summed E-state index contributed by atoms with van der Waals surface area (Å²) in [5.74, 6) is -0.785. The Morgan fingerprint density at radius 3 is 2.62 bits per heavy atom. The van der Waals surface area contributed by atoms with Gasteiger partial charge in [0.2, 0.25) is 0 Å². The fraction of sp³-hybridized carbons (Fsp3) is 0.100. The average molecular weight is 352 g/mol. The van der Waals surface area contributed by atoms with Crippen LogP contribution in [0.3, 0.4) is 0 Å². The fourth-order valence-corrected chi connectivity index (χ4v) is 2.53. The zero-order chi connectivity index (χ0) is 18.5. The molecule has 1 N–H and O–H groups in total. The molecule has 0 aliphatic carbocycles. The number of rotatable bonds is 5. The summed E-state index contributed by atoms with van der Waals surface area (Å²) in [6, 6.07) is 15.9. The number of halogens is 1. The van der Waals surface area contributed by atoms with Crippen LogP contribution >= 0.6 is 0 Å². The molecule has 2 aromatic carbocycles. The summed E-state index contributed by atoms with van der Waals surface area (Å²) >= 11 is 0. The average Bonchev–Trinajstić information content (AvgIpc) is 3.16. The Morgan fingerprint density at radius 2 is 1.88 bits per heavy atom. The molecule has 0 aliphatic heterocycles. The number of nitrogens with zero attached hydrogens (tertiary/aromatic N) is 1. The van der Waals surface area contributed by atoms with Crippen molar-refractivity contribution in [2.75, 3.05) is 12.4 Å². The Morgan fingerprint density at radius 1 is 1.08 bits per heavy atom. The van der Waals surface area contributed by atoms with Gasteiger partial charge in [-0.2, -0.15) is 0 Å². The SMILES string of the molecule is CN(Cc1cccc(F)c1)C(=O)c1cccc(NC(=O)c2ccco2)c1. The number of hydrogen-bond donors (Lipinski definition) is 1. The number of benzene rings is 2. The van der Waals surface area contributed by atoms with Gasteiger partial charge in [0.05, 0.1) is 6.26 Å². The molecular weight excluding hydrogens is 335 g/mol. The van der Waals surface area contributed by atoms with E-state index in [1.54, 1.807) is 55.6 Å². The molecule has 0 saturated heterocycles. The van der Waals surface area contributed by atoms with E-state index >= 15 is 0 Å². The van der Waals surface area contributed by atoms with Crippen molar-refractivity contribution in [1.29, 1.82) is 0 Å². The van der Waals surface area contributed by atoms with E-state index in [-0.39, 0.29) is 24.0 Å². The van der Waals surface area contributed by atoms with Crippen molar-refractivity contribution in [2.45, 2.75) is 6.54 Å². The lowest BCUT2D eigenvalue weighted by molar-refractivity contribution is 0.0784. The van der Waals surface area contributed by atoms with Crippen molar-refractivity contribution in [3.8, 4) is 0 Å². The molecular formula is C20H17FN2O3. The van der Waals surface area contributed by atoms with Crippen LogP contribution in [0.4, 0.5) is 10.1 Å². The molecule has 0 fully saturated rings. The minimum Gasteiger partial charge on any atom is -0.459 e. The summed E-state index contributed by atoms with van der Waals surface area (Å²) in [7, 11) is 1.64. The molecule has 3 rings (SSSR count). The number of hydrogen-bond acceptors (Lipinski definition) is 3. The van der Waals surface area contributed by atoms with E-state index in [4.69, 9.17) is 4.42 Å². The predicted molar refractivity (Wildman–Crippen MR) is 95.3 cm³/mol. The van der Waals surface area contributed by atoms with E-state index in [0.717, 1.165) is 0 Å². The topological polar surface area (TPSA) is 62.6 Å². The lowest BCUT2D eigenvalue weighted by Gasteiger charge is -2.18. The number of carbonyl (C=O) groups excluding carboxylic acids is 2. The first-order valence-electron chi connectivity index (χ1n) is 7.98. The lowest BCUT2D eigenvalue weighted by Crippen LogP contribution is -2.26. The van der Waals surface area contributed by atoms with Crippen molar-refractivity contribution in [1.82, 2.24) is 4.90 Å². The third kappa shape index (κ3) is 4.16. The van der Waals surface area contributed by atoms with Crippen LogP contribution in [0.15, 0.2) is 71.3 Å². The van der Waals surface area contributed by atoms with Gasteiger partial charge in [-0.3, -0.25) is 9.59 Å². The molecule has 5 nitrogen and oxygen atoms in total. The van der Waals surface area contributed by atoms with E-state index < -0.39 is 5.91 Å². The molecule has 0 unspecified atom stereocenters. The van der Waals surface area contributed by atoms with Gasteiger partial charge >= 0.3 is 0 Å². The Bertz CT molecular complexity index is 922. The summed E-state index contributed by atoms with van der Waals surface area (Å²) in [5.41, 5.74) is 1.60. The van der Waals surface area contributed by atoms with Crippen LogP contribution in [-0.2, 0) is 6.54 Å². The second-order valence-corrected chi connectivity index (χ2v) is 5.80. The second kappa shape index (κ2) is 7.65. The van der Waals surface area contributed by atoms with Gasteiger partial charge in [-0.1, -0.05) is 18.2 Å².